The van der Waals surface area contributed by atoms with Gasteiger partial charge in [0, 0.05) is 23.5 Å². The number of hydrogen-bond acceptors (Lipinski definition) is 7. The number of halogens is 6. The van der Waals surface area contributed by atoms with Crippen LogP contribution >= 0.6 is 11.6 Å². The summed E-state index contributed by atoms with van der Waals surface area (Å²) in [6, 6.07) is 4.73. The van der Waals surface area contributed by atoms with Crippen molar-refractivity contribution in [3.8, 4) is 11.4 Å². The fraction of sp³-hybridized carbons (Fsp3) is 0.217. The van der Waals surface area contributed by atoms with E-state index in [1.807, 2.05) is 0 Å². The first-order valence-corrected chi connectivity index (χ1v) is 12.6. The van der Waals surface area contributed by atoms with E-state index in [0.29, 0.717) is 28.5 Å². The smallest absolute Gasteiger partial charge is 0.374 e. The molecule has 16 heteroatoms. The highest BCUT2D eigenvalue weighted by atomic mass is 35.5. The molecule has 3 aromatic rings. The molecule has 2 aromatic heterocycles. The molecule has 0 aliphatic rings. The van der Waals surface area contributed by atoms with Crippen molar-refractivity contribution >= 4 is 33.6 Å². The van der Waals surface area contributed by atoms with Gasteiger partial charge in [-0.1, -0.05) is 23.7 Å². The number of benzene rings is 1. The molecule has 2 heterocycles. The maximum atomic E-state index is 15.6. The van der Waals surface area contributed by atoms with Gasteiger partial charge in [-0.25, -0.2) is 18.4 Å². The predicted molar refractivity (Wildman–Crippen MR) is 134 cm³/mol. The normalized spacial score (nSPS) is 13.4. The summed E-state index contributed by atoms with van der Waals surface area (Å²) >= 11 is 5.76. The lowest BCUT2D eigenvalue weighted by Crippen LogP contribution is -2.29. The minimum absolute atomic E-state index is 0.0599. The summed E-state index contributed by atoms with van der Waals surface area (Å²) in [4.78, 5) is 20.8. The summed E-state index contributed by atoms with van der Waals surface area (Å²) in [7, 11) is -6.14. The Morgan fingerprint density at radius 2 is 1.87 bits per heavy atom. The summed E-state index contributed by atoms with van der Waals surface area (Å²) in [6.07, 6.45) is 3.17. The van der Waals surface area contributed by atoms with Crippen LogP contribution in [0.2, 0.25) is 5.02 Å². The van der Waals surface area contributed by atoms with Crippen molar-refractivity contribution in [2.75, 3.05) is 0 Å². The number of allylic oxidation sites excluding steroid dienone is 2. The van der Waals surface area contributed by atoms with E-state index in [9.17, 15) is 26.4 Å². The molecule has 3 rings (SSSR count). The minimum Gasteiger partial charge on any atom is -0.374 e. The van der Waals surface area contributed by atoms with Crippen LogP contribution in [0.25, 0.3) is 11.9 Å². The molecule has 39 heavy (non-hydrogen) atoms. The molecule has 0 bridgehead atoms. The van der Waals surface area contributed by atoms with Crippen molar-refractivity contribution in [1.29, 1.82) is 0 Å². The number of aryl methyl sites for hydroxylation is 3. The first-order chi connectivity index (χ1) is 18.1. The molecule has 0 unspecified atom stereocenters. The van der Waals surface area contributed by atoms with Gasteiger partial charge in [0.25, 0.3) is 5.56 Å². The molecule has 9 nitrogen and oxygen atoms in total. The van der Waals surface area contributed by atoms with Gasteiger partial charge in [-0.15, -0.1) is 0 Å². The molecule has 1 aromatic carbocycles. The van der Waals surface area contributed by atoms with Gasteiger partial charge in [0.2, 0.25) is 0 Å². The summed E-state index contributed by atoms with van der Waals surface area (Å²) in [5.41, 5.74) is -8.29. The fourth-order valence-electron chi connectivity index (χ4n) is 3.28. The number of aliphatic imine (C=N–C) groups is 1. The second kappa shape index (κ2) is 11.1. The fourth-order valence-corrected chi connectivity index (χ4v) is 3.97. The zero-order chi connectivity index (χ0) is 29.3. The highest BCUT2D eigenvalue weighted by Gasteiger charge is 2.49. The molecular weight excluding hydrogens is 573 g/mol. The number of pyridine rings is 1. The lowest BCUT2D eigenvalue weighted by Gasteiger charge is -2.14. The Balaban J connectivity index is 2.15. The third kappa shape index (κ3) is 6.09. The minimum atomic E-state index is -6.14. The van der Waals surface area contributed by atoms with Crippen LogP contribution in [0.15, 0.2) is 52.2 Å². The van der Waals surface area contributed by atoms with Gasteiger partial charge in [-0.05, 0) is 39.8 Å². The van der Waals surface area contributed by atoms with Gasteiger partial charge < -0.3 is 4.18 Å². The van der Waals surface area contributed by atoms with Crippen molar-refractivity contribution in [2.45, 2.75) is 33.2 Å². The Morgan fingerprint density at radius 1 is 1.21 bits per heavy atom. The van der Waals surface area contributed by atoms with E-state index >= 15 is 8.78 Å². The van der Waals surface area contributed by atoms with Gasteiger partial charge in [-0.2, -0.15) is 26.7 Å². The van der Waals surface area contributed by atoms with Crippen molar-refractivity contribution in [3.05, 3.63) is 86.5 Å². The Morgan fingerprint density at radius 3 is 2.44 bits per heavy atom. The standard InChI is InChI=1S/C23H19ClF5N5O4S/c1-5-9-30-21(15-7-6-8-17(20(15)26)34-14(4)31-13(3)32-34)16(25)11-33-12(2)10-18(19(24)22(33)35)38-39(36,37)23(27,28)29/h5-11H,1-4H3/b9-5+,16-11-,30-21+. The monoisotopic (exact) mass is 591 g/mol. The molecule has 208 valence electrons. The molecule has 0 aliphatic carbocycles. The summed E-state index contributed by atoms with van der Waals surface area (Å²) < 4.78 is 97.7. The Hall–Kier alpha value is -3.85. The zero-order valence-electron chi connectivity index (χ0n) is 20.6. The summed E-state index contributed by atoms with van der Waals surface area (Å²) in [5, 5.41) is 3.04. The first kappa shape index (κ1) is 29.7. The van der Waals surface area contributed by atoms with Crippen LogP contribution in [0, 0.1) is 26.6 Å². The maximum absolute atomic E-state index is 15.6. The van der Waals surface area contributed by atoms with Crippen LogP contribution in [-0.4, -0.2) is 39.0 Å². The molecule has 0 aliphatic heterocycles. The van der Waals surface area contributed by atoms with Crippen LogP contribution in [0.4, 0.5) is 22.0 Å². The lowest BCUT2D eigenvalue weighted by molar-refractivity contribution is -0.0500. The van der Waals surface area contributed by atoms with Crippen LogP contribution in [0.3, 0.4) is 0 Å². The number of nitrogens with zero attached hydrogens (tertiary/aromatic N) is 5. The molecule has 0 spiro atoms. The van der Waals surface area contributed by atoms with Gasteiger partial charge >= 0.3 is 15.6 Å². The maximum Gasteiger partial charge on any atom is 0.534 e. The second-order valence-corrected chi connectivity index (χ2v) is 9.73. The largest absolute Gasteiger partial charge is 0.534 e. The molecule has 0 saturated carbocycles. The SMILES string of the molecule is C/C=C/N=C(/C(F)=C/n1c(C)cc(OS(=O)(=O)C(F)(F)F)c(Cl)c1=O)c1cccc(-n2nc(C)nc2C)c1F. The lowest BCUT2D eigenvalue weighted by atomic mass is 10.1. The van der Waals surface area contributed by atoms with Crippen LogP contribution < -0.4 is 9.74 Å². The second-order valence-electron chi connectivity index (χ2n) is 7.82. The van der Waals surface area contributed by atoms with Crippen molar-refractivity contribution in [3.63, 3.8) is 0 Å². The van der Waals surface area contributed by atoms with Gasteiger partial charge in [-0.3, -0.25) is 14.4 Å². The van der Waals surface area contributed by atoms with E-state index in [1.165, 1.54) is 35.2 Å². The van der Waals surface area contributed by atoms with Gasteiger partial charge in [0.1, 0.15) is 28.1 Å². The summed E-state index contributed by atoms with van der Waals surface area (Å²) in [5.74, 6) is -2.54. The predicted octanol–water partition coefficient (Wildman–Crippen LogP) is 5.17. The van der Waals surface area contributed by atoms with Gasteiger partial charge in [0.05, 0.1) is 6.20 Å². The molecule has 0 radical (unpaired) electrons. The Bertz CT molecular complexity index is 1690. The van der Waals surface area contributed by atoms with E-state index in [2.05, 4.69) is 19.3 Å². The van der Waals surface area contributed by atoms with Crippen molar-refractivity contribution in [2.24, 2.45) is 4.99 Å². The highest BCUT2D eigenvalue weighted by molar-refractivity contribution is 7.88. The molecule has 0 N–H and O–H groups in total. The highest BCUT2D eigenvalue weighted by Crippen LogP contribution is 2.31. The molecule has 0 amide bonds. The van der Waals surface area contributed by atoms with Crippen molar-refractivity contribution < 1.29 is 34.6 Å². The van der Waals surface area contributed by atoms with Crippen LogP contribution in [0.1, 0.15) is 29.8 Å². The molecule has 0 atom stereocenters. The van der Waals surface area contributed by atoms with E-state index < -0.39 is 49.3 Å². The van der Waals surface area contributed by atoms with Crippen LogP contribution in [0.5, 0.6) is 5.75 Å². The quantitative estimate of drug-likeness (QED) is 0.162. The average Bonchev–Trinajstić information content (AvgIpc) is 3.17. The molecular formula is C23H19ClF5N5O4S. The molecule has 0 saturated heterocycles. The van der Waals surface area contributed by atoms with E-state index in [0.717, 1.165) is 6.92 Å². The number of alkyl halides is 3. The topological polar surface area (TPSA) is 108 Å². The Kier molecular flexibility index (Phi) is 8.45. The van der Waals surface area contributed by atoms with E-state index in [1.54, 1.807) is 20.8 Å². The van der Waals surface area contributed by atoms with Crippen molar-refractivity contribution in [1.82, 2.24) is 19.3 Å². The van der Waals surface area contributed by atoms with Gasteiger partial charge in [0.15, 0.2) is 17.4 Å². The molecule has 0 fully saturated rings. The van der Waals surface area contributed by atoms with E-state index in [4.69, 9.17) is 11.6 Å². The third-order valence-corrected chi connectivity index (χ3v) is 6.30. The Labute approximate surface area is 223 Å². The third-order valence-electron chi connectivity index (χ3n) is 4.98. The zero-order valence-corrected chi connectivity index (χ0v) is 22.2. The first-order valence-electron chi connectivity index (χ1n) is 10.8. The number of aromatic nitrogens is 4. The van der Waals surface area contributed by atoms with E-state index in [-0.39, 0.29) is 16.9 Å². The number of hydrogen-bond donors (Lipinski definition) is 0. The average molecular weight is 592 g/mol. The summed E-state index contributed by atoms with van der Waals surface area (Å²) in [6.45, 7) is 5.91. The number of rotatable bonds is 7. The van der Waals surface area contributed by atoms with Crippen LogP contribution in [-0.2, 0) is 10.1 Å².